The van der Waals surface area contributed by atoms with Crippen LogP contribution in [0.15, 0.2) is 28.1 Å². The number of ether oxygens (including phenoxy) is 1. The zero-order valence-corrected chi connectivity index (χ0v) is 21.3. The lowest BCUT2D eigenvalue weighted by atomic mass is 10.1. The number of thioether (sulfide) groups is 1. The van der Waals surface area contributed by atoms with E-state index in [0.29, 0.717) is 19.0 Å². The van der Waals surface area contributed by atoms with Gasteiger partial charge in [0.25, 0.3) is 0 Å². The van der Waals surface area contributed by atoms with E-state index in [2.05, 4.69) is 51.7 Å². The summed E-state index contributed by atoms with van der Waals surface area (Å²) in [5.74, 6) is 0.569. The van der Waals surface area contributed by atoms with Crippen molar-refractivity contribution in [1.29, 1.82) is 0 Å². The Morgan fingerprint density at radius 1 is 1.31 bits per heavy atom. The number of hydrogen-bond donors (Lipinski definition) is 3. The second-order valence-electron chi connectivity index (χ2n) is 6.82. The average molecular weight is 557 g/mol. The third-order valence-corrected chi connectivity index (χ3v) is 6.75. The minimum absolute atomic E-state index is 0. The van der Waals surface area contributed by atoms with Crippen molar-refractivity contribution in [3.05, 3.63) is 29.3 Å². The van der Waals surface area contributed by atoms with Gasteiger partial charge in [-0.3, -0.25) is 4.99 Å². The van der Waals surface area contributed by atoms with Crippen LogP contribution in [0.1, 0.15) is 30.4 Å². The van der Waals surface area contributed by atoms with Crippen molar-refractivity contribution in [1.82, 2.24) is 15.4 Å². The molecule has 0 bridgehead atoms. The molecule has 1 atom stereocenters. The summed E-state index contributed by atoms with van der Waals surface area (Å²) in [7, 11) is -1.67. The normalized spacial score (nSPS) is 17.5. The molecule has 29 heavy (non-hydrogen) atoms. The second kappa shape index (κ2) is 13.7. The van der Waals surface area contributed by atoms with E-state index in [0.717, 1.165) is 25.9 Å². The molecule has 0 saturated carbocycles. The summed E-state index contributed by atoms with van der Waals surface area (Å²) >= 11 is 1.71. The highest BCUT2D eigenvalue weighted by Crippen LogP contribution is 2.21. The molecule has 1 saturated heterocycles. The molecular formula is C19H33IN4O3S2. The lowest BCUT2D eigenvalue weighted by Crippen LogP contribution is -2.42. The number of nitrogens with one attached hydrogen (secondary N) is 3. The first-order valence-electron chi connectivity index (χ1n) is 9.60. The van der Waals surface area contributed by atoms with Gasteiger partial charge in [0.05, 0.1) is 11.9 Å². The first kappa shape index (κ1) is 26.5. The Kier molecular flexibility index (Phi) is 12.5. The van der Waals surface area contributed by atoms with E-state index in [9.17, 15) is 8.42 Å². The largest absolute Gasteiger partial charge is 0.377 e. The molecular weight excluding hydrogens is 523 g/mol. The molecule has 0 radical (unpaired) electrons. The van der Waals surface area contributed by atoms with Crippen molar-refractivity contribution in [2.24, 2.45) is 4.99 Å². The molecule has 7 nitrogen and oxygen atoms in total. The number of hydrogen-bond acceptors (Lipinski definition) is 5. The van der Waals surface area contributed by atoms with Crippen LogP contribution in [0.3, 0.4) is 0 Å². The number of aliphatic imine (C=N–C) groups is 1. The van der Waals surface area contributed by atoms with Gasteiger partial charge in [-0.15, -0.1) is 35.7 Å². The fourth-order valence-electron chi connectivity index (χ4n) is 2.96. The van der Waals surface area contributed by atoms with Gasteiger partial charge in [0.1, 0.15) is 0 Å². The highest BCUT2D eigenvalue weighted by molar-refractivity contribution is 14.0. The standard InChI is InChI=1S/C19H32N4O3S2.HI/c1-15-7-8-16(18(12-15)27-3)13-22-19(20-2)21-9-11-28(24,25)23-14-17-6-4-5-10-26-17;/h7-8,12,17,23H,4-6,9-11,13-14H2,1-3H3,(H2,20,21,22);1H. The Hall–Kier alpha value is -0.560. The first-order valence-corrected chi connectivity index (χ1v) is 12.5. The van der Waals surface area contributed by atoms with Crippen molar-refractivity contribution < 1.29 is 13.2 Å². The van der Waals surface area contributed by atoms with Gasteiger partial charge in [-0.1, -0.05) is 12.1 Å². The summed E-state index contributed by atoms with van der Waals surface area (Å²) in [6, 6.07) is 6.34. The van der Waals surface area contributed by atoms with E-state index < -0.39 is 10.0 Å². The molecule has 0 spiro atoms. The molecule has 2 rings (SSSR count). The predicted molar refractivity (Wildman–Crippen MR) is 132 cm³/mol. The third kappa shape index (κ3) is 9.86. The third-order valence-electron chi connectivity index (χ3n) is 4.58. The van der Waals surface area contributed by atoms with Crippen molar-refractivity contribution in [2.45, 2.75) is 43.7 Å². The SMILES string of the molecule is CN=C(NCCS(=O)(=O)NCC1CCCCO1)NCc1ccc(C)cc1SC.I. The molecule has 1 aliphatic heterocycles. The van der Waals surface area contributed by atoms with Gasteiger partial charge in [0, 0.05) is 38.2 Å². The summed E-state index contributed by atoms with van der Waals surface area (Å²) in [5, 5.41) is 6.30. The van der Waals surface area contributed by atoms with Crippen LogP contribution in [-0.4, -0.2) is 59.2 Å². The molecule has 1 aromatic rings. The van der Waals surface area contributed by atoms with Gasteiger partial charge >= 0.3 is 0 Å². The van der Waals surface area contributed by atoms with Crippen LogP contribution in [0.4, 0.5) is 0 Å². The Labute approximate surface area is 196 Å². The molecule has 0 aromatic heterocycles. The Balaban J connectivity index is 0.00000420. The molecule has 1 heterocycles. The van der Waals surface area contributed by atoms with Crippen molar-refractivity contribution in [3.63, 3.8) is 0 Å². The molecule has 0 amide bonds. The summed E-state index contributed by atoms with van der Waals surface area (Å²) in [6.45, 7) is 4.05. The highest BCUT2D eigenvalue weighted by atomic mass is 127. The van der Waals surface area contributed by atoms with Crippen LogP contribution in [0.2, 0.25) is 0 Å². The molecule has 0 aliphatic carbocycles. The quantitative estimate of drug-likeness (QED) is 0.188. The van der Waals surface area contributed by atoms with Crippen molar-refractivity contribution in [3.8, 4) is 0 Å². The zero-order chi connectivity index (χ0) is 20.4. The lowest BCUT2D eigenvalue weighted by Gasteiger charge is -2.22. The van der Waals surface area contributed by atoms with Crippen LogP contribution in [0.5, 0.6) is 0 Å². The summed E-state index contributed by atoms with van der Waals surface area (Å²) in [6.07, 6.45) is 5.11. The Bertz CT molecular complexity index is 754. The van der Waals surface area contributed by atoms with E-state index in [1.165, 1.54) is 16.0 Å². The van der Waals surface area contributed by atoms with Gasteiger partial charge < -0.3 is 15.4 Å². The van der Waals surface area contributed by atoms with Gasteiger partial charge in [-0.25, -0.2) is 13.1 Å². The van der Waals surface area contributed by atoms with Gasteiger partial charge in [0.15, 0.2) is 5.96 Å². The van der Waals surface area contributed by atoms with E-state index in [1.54, 1.807) is 18.8 Å². The molecule has 10 heteroatoms. The number of sulfonamides is 1. The van der Waals surface area contributed by atoms with Gasteiger partial charge in [-0.2, -0.15) is 0 Å². The summed E-state index contributed by atoms with van der Waals surface area (Å²) in [5.41, 5.74) is 2.41. The lowest BCUT2D eigenvalue weighted by molar-refractivity contribution is 0.0200. The van der Waals surface area contributed by atoms with Crippen molar-refractivity contribution in [2.75, 3.05) is 38.8 Å². The van der Waals surface area contributed by atoms with Crippen LogP contribution in [0, 0.1) is 6.92 Å². The van der Waals surface area contributed by atoms with Crippen LogP contribution in [-0.2, 0) is 21.3 Å². The fraction of sp³-hybridized carbons (Fsp3) is 0.632. The first-order chi connectivity index (χ1) is 13.4. The fourth-order valence-corrected chi connectivity index (χ4v) is 4.62. The molecule has 1 aromatic carbocycles. The van der Waals surface area contributed by atoms with E-state index in [-0.39, 0.29) is 42.4 Å². The zero-order valence-electron chi connectivity index (χ0n) is 17.4. The maximum atomic E-state index is 12.2. The minimum atomic E-state index is -3.35. The van der Waals surface area contributed by atoms with Crippen LogP contribution < -0.4 is 15.4 Å². The summed E-state index contributed by atoms with van der Waals surface area (Å²) < 4.78 is 32.5. The smallest absolute Gasteiger partial charge is 0.213 e. The number of aryl methyl sites for hydroxylation is 1. The minimum Gasteiger partial charge on any atom is -0.377 e. The van der Waals surface area contributed by atoms with E-state index >= 15 is 0 Å². The Morgan fingerprint density at radius 2 is 2.10 bits per heavy atom. The molecule has 3 N–H and O–H groups in total. The second-order valence-corrected chi connectivity index (χ2v) is 9.60. The van der Waals surface area contributed by atoms with E-state index in [1.807, 2.05) is 0 Å². The maximum absolute atomic E-state index is 12.2. The number of guanidine groups is 1. The van der Waals surface area contributed by atoms with Gasteiger partial charge in [-0.05, 0) is 49.6 Å². The molecule has 166 valence electrons. The molecule has 1 aliphatic rings. The Morgan fingerprint density at radius 3 is 2.76 bits per heavy atom. The van der Waals surface area contributed by atoms with E-state index in [4.69, 9.17) is 4.74 Å². The molecule has 1 unspecified atom stereocenters. The summed E-state index contributed by atoms with van der Waals surface area (Å²) in [4.78, 5) is 5.39. The number of benzene rings is 1. The highest BCUT2D eigenvalue weighted by Gasteiger charge is 2.17. The number of halogens is 1. The predicted octanol–water partition coefficient (Wildman–Crippen LogP) is 2.49. The number of rotatable bonds is 9. The topological polar surface area (TPSA) is 91.8 Å². The van der Waals surface area contributed by atoms with Crippen LogP contribution >= 0.6 is 35.7 Å². The van der Waals surface area contributed by atoms with Crippen LogP contribution in [0.25, 0.3) is 0 Å². The maximum Gasteiger partial charge on any atom is 0.213 e. The number of nitrogens with zero attached hydrogens (tertiary/aromatic N) is 1. The van der Waals surface area contributed by atoms with Crippen molar-refractivity contribution >= 4 is 51.7 Å². The average Bonchev–Trinajstić information content (AvgIpc) is 2.70. The van der Waals surface area contributed by atoms with Gasteiger partial charge in [0.2, 0.25) is 10.0 Å². The molecule has 1 fully saturated rings. The monoisotopic (exact) mass is 556 g/mol.